The second kappa shape index (κ2) is 7.87. The Morgan fingerprint density at radius 3 is 2.36 bits per heavy atom. The number of hydrogen-bond acceptors (Lipinski definition) is 5. The van der Waals surface area contributed by atoms with Crippen molar-refractivity contribution < 1.29 is 23.8 Å². The lowest BCUT2D eigenvalue weighted by Crippen LogP contribution is -2.41. The summed E-state index contributed by atoms with van der Waals surface area (Å²) in [7, 11) is 1.39. The highest BCUT2D eigenvalue weighted by Gasteiger charge is 2.43. The summed E-state index contributed by atoms with van der Waals surface area (Å²) < 4.78 is 15.8. The lowest BCUT2D eigenvalue weighted by atomic mass is 9.91. The van der Waals surface area contributed by atoms with Crippen LogP contribution in [0.15, 0.2) is 24.3 Å². The van der Waals surface area contributed by atoms with Gasteiger partial charge in [0.1, 0.15) is 5.60 Å². The number of hydrogen-bond donors (Lipinski definition) is 1. The molecular formula is C19H27NO5. The van der Waals surface area contributed by atoms with Crippen LogP contribution in [0.5, 0.6) is 0 Å². The molecule has 1 amide bonds. The van der Waals surface area contributed by atoms with Gasteiger partial charge in [0.15, 0.2) is 5.60 Å². The van der Waals surface area contributed by atoms with Gasteiger partial charge < -0.3 is 19.5 Å². The Kier molecular flexibility index (Phi) is 6.06. The topological polar surface area (TPSA) is 73.9 Å². The molecule has 1 atom stereocenters. The smallest absolute Gasteiger partial charge is 0.407 e. The normalized spacial score (nSPS) is 20.2. The van der Waals surface area contributed by atoms with Gasteiger partial charge in [-0.1, -0.05) is 24.3 Å². The summed E-state index contributed by atoms with van der Waals surface area (Å²) in [5.74, 6) is -0.319. The number of rotatable bonds is 5. The Balaban J connectivity index is 1.93. The predicted octanol–water partition coefficient (Wildman–Crippen LogP) is 2.98. The molecule has 2 rings (SSSR count). The van der Waals surface area contributed by atoms with Gasteiger partial charge in [0.2, 0.25) is 0 Å². The van der Waals surface area contributed by atoms with E-state index in [-0.39, 0.29) is 5.97 Å². The number of nitrogens with one attached hydrogen (secondary N) is 1. The SMILES string of the molecule is COC(=O)C1(Cc2ccc(CNC(=O)OC(C)(C)C)cc2)CCCO1. The average molecular weight is 349 g/mol. The molecule has 6 nitrogen and oxygen atoms in total. The van der Waals surface area contributed by atoms with Crippen LogP contribution >= 0.6 is 0 Å². The summed E-state index contributed by atoms with van der Waals surface area (Å²) in [6, 6.07) is 7.73. The zero-order valence-corrected chi connectivity index (χ0v) is 15.4. The maximum atomic E-state index is 12.1. The molecule has 1 fully saturated rings. The van der Waals surface area contributed by atoms with Crippen LogP contribution in [0, 0.1) is 0 Å². The monoisotopic (exact) mass is 349 g/mol. The number of carbonyl (C=O) groups excluding carboxylic acids is 2. The lowest BCUT2D eigenvalue weighted by Gasteiger charge is -2.25. The number of carbonyl (C=O) groups is 2. The summed E-state index contributed by atoms with van der Waals surface area (Å²) in [5, 5.41) is 2.72. The maximum Gasteiger partial charge on any atom is 0.407 e. The van der Waals surface area contributed by atoms with Crippen molar-refractivity contribution in [2.75, 3.05) is 13.7 Å². The highest BCUT2D eigenvalue weighted by Crippen LogP contribution is 2.31. The highest BCUT2D eigenvalue weighted by atomic mass is 16.6. The minimum Gasteiger partial charge on any atom is -0.467 e. The van der Waals surface area contributed by atoms with E-state index in [1.54, 1.807) is 0 Å². The zero-order chi connectivity index (χ0) is 18.5. The maximum absolute atomic E-state index is 12.1. The average Bonchev–Trinajstić information content (AvgIpc) is 3.01. The molecule has 6 heteroatoms. The molecule has 0 bridgehead atoms. The van der Waals surface area contributed by atoms with E-state index < -0.39 is 17.3 Å². The standard InChI is InChI=1S/C19H27NO5/c1-18(2,3)25-17(22)20-13-15-8-6-14(7-9-15)12-19(16(21)23-4)10-5-11-24-19/h6-9H,5,10-13H2,1-4H3,(H,20,22). The third-order valence-electron chi connectivity index (χ3n) is 4.01. The van der Waals surface area contributed by atoms with E-state index in [1.807, 2.05) is 45.0 Å². The minimum atomic E-state index is -0.870. The molecule has 1 aliphatic heterocycles. The molecule has 1 aromatic carbocycles. The number of methoxy groups -OCH3 is 1. The molecule has 138 valence electrons. The van der Waals surface area contributed by atoms with Gasteiger partial charge >= 0.3 is 12.1 Å². The first kappa shape index (κ1) is 19.2. The molecule has 1 aliphatic rings. The number of esters is 1. The Bertz CT molecular complexity index is 597. The Hall–Kier alpha value is -2.08. The molecule has 0 aromatic heterocycles. The Morgan fingerprint density at radius 2 is 1.84 bits per heavy atom. The van der Waals surface area contributed by atoms with E-state index in [4.69, 9.17) is 14.2 Å². The first-order valence-corrected chi connectivity index (χ1v) is 8.51. The van der Waals surface area contributed by atoms with E-state index in [9.17, 15) is 9.59 Å². The van der Waals surface area contributed by atoms with Crippen LogP contribution in [0.2, 0.25) is 0 Å². The van der Waals surface area contributed by atoms with Crippen molar-refractivity contribution in [3.8, 4) is 0 Å². The van der Waals surface area contributed by atoms with Crippen LogP contribution in [0.25, 0.3) is 0 Å². The summed E-state index contributed by atoms with van der Waals surface area (Å²) in [6.07, 6.45) is 1.56. The fourth-order valence-corrected chi connectivity index (χ4v) is 2.85. The van der Waals surface area contributed by atoms with Gasteiger partial charge in [-0.3, -0.25) is 0 Å². The van der Waals surface area contributed by atoms with Crippen molar-refractivity contribution in [3.05, 3.63) is 35.4 Å². The number of alkyl carbamates (subject to hydrolysis) is 1. The fraction of sp³-hybridized carbons (Fsp3) is 0.579. The number of ether oxygens (including phenoxy) is 3. The van der Waals surface area contributed by atoms with Crippen LogP contribution in [0.3, 0.4) is 0 Å². The van der Waals surface area contributed by atoms with E-state index >= 15 is 0 Å². The first-order chi connectivity index (χ1) is 11.7. The Morgan fingerprint density at radius 1 is 1.20 bits per heavy atom. The van der Waals surface area contributed by atoms with Gasteiger partial charge in [-0.2, -0.15) is 0 Å². The summed E-state index contributed by atoms with van der Waals surface area (Å²) >= 11 is 0. The van der Waals surface area contributed by atoms with E-state index in [0.717, 1.165) is 17.5 Å². The Labute approximate surface area is 148 Å². The number of amides is 1. The van der Waals surface area contributed by atoms with Gasteiger partial charge in [-0.25, -0.2) is 9.59 Å². The summed E-state index contributed by atoms with van der Waals surface area (Å²) in [4.78, 5) is 23.8. The van der Waals surface area contributed by atoms with Crippen LogP contribution in [0.1, 0.15) is 44.7 Å². The van der Waals surface area contributed by atoms with E-state index in [0.29, 0.717) is 26.0 Å². The van der Waals surface area contributed by atoms with Gasteiger partial charge in [0.05, 0.1) is 7.11 Å². The van der Waals surface area contributed by atoms with Gasteiger partial charge in [-0.05, 0) is 44.7 Å². The largest absolute Gasteiger partial charge is 0.467 e. The fourth-order valence-electron chi connectivity index (χ4n) is 2.85. The molecule has 25 heavy (non-hydrogen) atoms. The second-order valence-electron chi connectivity index (χ2n) is 7.29. The molecule has 1 saturated heterocycles. The molecule has 1 N–H and O–H groups in total. The van der Waals surface area contributed by atoms with Gasteiger partial charge in [0, 0.05) is 19.6 Å². The van der Waals surface area contributed by atoms with Crippen LogP contribution in [-0.2, 0) is 32.0 Å². The summed E-state index contributed by atoms with van der Waals surface area (Å²) in [5.41, 5.74) is 0.560. The van der Waals surface area contributed by atoms with Crippen LogP contribution in [0.4, 0.5) is 4.79 Å². The molecular weight excluding hydrogens is 322 g/mol. The molecule has 1 aromatic rings. The predicted molar refractivity (Wildman–Crippen MR) is 93.2 cm³/mol. The van der Waals surface area contributed by atoms with Gasteiger partial charge in [0.25, 0.3) is 0 Å². The molecule has 1 heterocycles. The van der Waals surface area contributed by atoms with Gasteiger partial charge in [-0.15, -0.1) is 0 Å². The second-order valence-corrected chi connectivity index (χ2v) is 7.29. The van der Waals surface area contributed by atoms with Crippen molar-refractivity contribution in [1.29, 1.82) is 0 Å². The quantitative estimate of drug-likeness (QED) is 0.827. The third kappa shape index (κ3) is 5.46. The molecule has 1 unspecified atom stereocenters. The minimum absolute atomic E-state index is 0.319. The first-order valence-electron chi connectivity index (χ1n) is 8.51. The molecule has 0 aliphatic carbocycles. The lowest BCUT2D eigenvalue weighted by molar-refractivity contribution is -0.163. The van der Waals surface area contributed by atoms with Crippen molar-refractivity contribution >= 4 is 12.1 Å². The van der Waals surface area contributed by atoms with Crippen molar-refractivity contribution in [2.45, 2.75) is 57.8 Å². The van der Waals surface area contributed by atoms with E-state index in [1.165, 1.54) is 7.11 Å². The van der Waals surface area contributed by atoms with Crippen molar-refractivity contribution in [2.24, 2.45) is 0 Å². The highest BCUT2D eigenvalue weighted by molar-refractivity contribution is 5.80. The number of benzene rings is 1. The molecule has 0 radical (unpaired) electrons. The van der Waals surface area contributed by atoms with Crippen molar-refractivity contribution in [1.82, 2.24) is 5.32 Å². The third-order valence-corrected chi connectivity index (χ3v) is 4.01. The van der Waals surface area contributed by atoms with Crippen LogP contribution in [-0.4, -0.2) is 37.0 Å². The molecule has 0 spiro atoms. The molecule has 0 saturated carbocycles. The summed E-state index contributed by atoms with van der Waals surface area (Å²) in [6.45, 7) is 6.43. The zero-order valence-electron chi connectivity index (χ0n) is 15.4. The van der Waals surface area contributed by atoms with Crippen LogP contribution < -0.4 is 5.32 Å². The van der Waals surface area contributed by atoms with Crippen molar-refractivity contribution in [3.63, 3.8) is 0 Å². The van der Waals surface area contributed by atoms with E-state index in [2.05, 4.69) is 5.32 Å².